The summed E-state index contributed by atoms with van der Waals surface area (Å²) >= 11 is 0. The van der Waals surface area contributed by atoms with Crippen LogP contribution < -0.4 is 4.90 Å². The Kier molecular flexibility index (Phi) is 8.03. The number of aryl methyl sites for hydroxylation is 2. The largest absolute Gasteiger partial charge is 0.310 e. The van der Waals surface area contributed by atoms with Crippen molar-refractivity contribution in [3.63, 3.8) is 0 Å². The number of allylic oxidation sites excluding steroid dienone is 1. The van der Waals surface area contributed by atoms with Crippen molar-refractivity contribution in [2.45, 2.75) is 13.8 Å². The maximum absolute atomic E-state index is 9.71. The molecule has 0 heterocycles. The molecule has 3 heteroatoms. The smallest absolute Gasteiger partial charge is 0.130 e. The van der Waals surface area contributed by atoms with E-state index in [1.807, 2.05) is 0 Å². The number of fused-ring (bicyclic) bond motifs is 5. The molecule has 0 radical (unpaired) electrons. The summed E-state index contributed by atoms with van der Waals surface area (Å²) in [5.41, 5.74) is 16.2. The Morgan fingerprint density at radius 1 is 0.439 bits per heavy atom. The molecule has 0 amide bonds. The number of hydrogen-bond acceptors (Lipinski definition) is 3. The Morgan fingerprint density at radius 3 is 1.54 bits per heavy atom. The predicted octanol–water partition coefficient (Wildman–Crippen LogP) is 14.6. The molecule has 0 unspecified atom stereocenters. The zero-order valence-electron chi connectivity index (χ0n) is 31.6. The molecule has 57 heavy (non-hydrogen) atoms. The van der Waals surface area contributed by atoms with Crippen molar-refractivity contribution < 1.29 is 0 Å². The zero-order chi connectivity index (χ0) is 38.6. The zero-order valence-corrected chi connectivity index (χ0v) is 31.6. The molecule has 0 N–H and O–H groups in total. The summed E-state index contributed by atoms with van der Waals surface area (Å²) in [5.74, 6) is 0. The fourth-order valence-corrected chi connectivity index (χ4v) is 8.98. The molecule has 0 saturated carbocycles. The van der Waals surface area contributed by atoms with Crippen molar-refractivity contribution in [2.24, 2.45) is 0 Å². The number of hydrogen-bond donors (Lipinski definition) is 0. The maximum atomic E-state index is 9.71. The molecule has 9 aromatic carbocycles. The van der Waals surface area contributed by atoms with Gasteiger partial charge >= 0.3 is 0 Å². The van der Waals surface area contributed by atoms with E-state index in [0.29, 0.717) is 0 Å². The van der Waals surface area contributed by atoms with Gasteiger partial charge in [-0.1, -0.05) is 121 Å². The molecule has 9 aromatic rings. The van der Waals surface area contributed by atoms with Gasteiger partial charge in [-0.2, -0.15) is 10.5 Å². The molecule has 0 saturated heterocycles. The highest BCUT2D eigenvalue weighted by Crippen LogP contribution is 2.59. The van der Waals surface area contributed by atoms with Gasteiger partial charge in [0.05, 0.1) is 0 Å². The van der Waals surface area contributed by atoms with Gasteiger partial charge in [-0.25, -0.2) is 0 Å². The lowest BCUT2D eigenvalue weighted by molar-refractivity contribution is 1.29. The summed E-state index contributed by atoms with van der Waals surface area (Å²) < 4.78 is 0. The Balaban J connectivity index is 1.35. The Bertz CT molecular complexity index is 3160. The van der Waals surface area contributed by atoms with Gasteiger partial charge in [0.25, 0.3) is 0 Å². The molecule has 0 aromatic heterocycles. The first kappa shape index (κ1) is 33.8. The maximum Gasteiger partial charge on any atom is 0.130 e. The molecular weight excluding hydrogens is 691 g/mol. The second kappa shape index (κ2) is 13.5. The van der Waals surface area contributed by atoms with Crippen LogP contribution in [-0.4, -0.2) is 0 Å². The number of rotatable bonds is 6. The number of benzene rings is 9. The molecule has 0 aliphatic heterocycles. The molecule has 0 fully saturated rings. The predicted molar refractivity (Wildman–Crippen MR) is 238 cm³/mol. The van der Waals surface area contributed by atoms with Gasteiger partial charge in [-0.15, -0.1) is 0 Å². The van der Waals surface area contributed by atoms with Crippen LogP contribution in [0.2, 0.25) is 0 Å². The van der Waals surface area contributed by atoms with E-state index in [4.69, 9.17) is 0 Å². The van der Waals surface area contributed by atoms with Gasteiger partial charge in [0.2, 0.25) is 0 Å². The lowest BCUT2D eigenvalue weighted by Crippen LogP contribution is -2.09. The van der Waals surface area contributed by atoms with Crippen LogP contribution in [0.3, 0.4) is 0 Å². The van der Waals surface area contributed by atoms with Crippen LogP contribution in [0.1, 0.15) is 16.7 Å². The van der Waals surface area contributed by atoms with E-state index >= 15 is 0 Å². The molecule has 3 nitrogen and oxygen atoms in total. The van der Waals surface area contributed by atoms with Crippen molar-refractivity contribution in [1.29, 1.82) is 10.5 Å². The van der Waals surface area contributed by atoms with Gasteiger partial charge in [0, 0.05) is 17.1 Å². The van der Waals surface area contributed by atoms with Crippen LogP contribution in [-0.2, 0) is 0 Å². The van der Waals surface area contributed by atoms with E-state index in [9.17, 15) is 10.5 Å². The fraction of sp³-hybridized carbons (Fsp3) is 0.0370. The lowest BCUT2D eigenvalue weighted by Gasteiger charge is -2.26. The van der Waals surface area contributed by atoms with E-state index in [-0.39, 0.29) is 5.57 Å². The van der Waals surface area contributed by atoms with E-state index in [1.165, 1.54) is 60.7 Å². The molecule has 1 aliphatic carbocycles. The second-order valence-corrected chi connectivity index (χ2v) is 14.8. The van der Waals surface area contributed by atoms with Gasteiger partial charge in [0.1, 0.15) is 17.7 Å². The third-order valence-corrected chi connectivity index (χ3v) is 11.5. The first-order chi connectivity index (χ1) is 28.0. The van der Waals surface area contributed by atoms with Gasteiger partial charge in [0.15, 0.2) is 0 Å². The van der Waals surface area contributed by atoms with Crippen LogP contribution in [0.5, 0.6) is 0 Å². The highest BCUT2D eigenvalue weighted by molar-refractivity contribution is 6.29. The minimum Gasteiger partial charge on any atom is -0.310 e. The number of anilines is 3. The number of nitriles is 2. The average molecular weight is 726 g/mol. The summed E-state index contributed by atoms with van der Waals surface area (Å²) in [4.78, 5) is 2.32. The summed E-state index contributed by atoms with van der Waals surface area (Å²) in [7, 11) is 0. The summed E-state index contributed by atoms with van der Waals surface area (Å²) in [6.45, 7) is 4.41. The molecule has 1 aliphatic rings. The summed E-state index contributed by atoms with van der Waals surface area (Å²) in [6.07, 6.45) is 1.71. The molecular formula is C54H35N3. The monoisotopic (exact) mass is 725 g/mol. The molecule has 0 atom stereocenters. The number of nitrogens with zero attached hydrogens (tertiary/aromatic N) is 3. The van der Waals surface area contributed by atoms with Crippen molar-refractivity contribution in [3.05, 3.63) is 192 Å². The Hall–Kier alpha value is -7.72. The fourth-order valence-electron chi connectivity index (χ4n) is 8.98. The van der Waals surface area contributed by atoms with Crippen LogP contribution in [0, 0.1) is 36.5 Å². The minimum absolute atomic E-state index is 0.0855. The van der Waals surface area contributed by atoms with Crippen LogP contribution >= 0.6 is 0 Å². The van der Waals surface area contributed by atoms with Crippen molar-refractivity contribution in [3.8, 4) is 56.6 Å². The minimum atomic E-state index is 0.0855. The van der Waals surface area contributed by atoms with Gasteiger partial charge in [-0.05, 0) is 162 Å². The third kappa shape index (κ3) is 5.41. The lowest BCUT2D eigenvalue weighted by atomic mass is 9.80. The highest BCUT2D eigenvalue weighted by atomic mass is 15.1. The quantitative estimate of drug-likeness (QED) is 0.127. The third-order valence-electron chi connectivity index (χ3n) is 11.5. The van der Waals surface area contributed by atoms with Crippen molar-refractivity contribution >= 4 is 55.5 Å². The van der Waals surface area contributed by atoms with Crippen LogP contribution in [0.15, 0.2) is 175 Å². The van der Waals surface area contributed by atoms with E-state index in [2.05, 4.69) is 201 Å². The normalized spacial score (nSPS) is 11.3. The Morgan fingerprint density at radius 2 is 0.965 bits per heavy atom. The van der Waals surface area contributed by atoms with E-state index in [0.717, 1.165) is 49.9 Å². The molecule has 266 valence electrons. The Labute approximate surface area is 332 Å². The van der Waals surface area contributed by atoms with E-state index < -0.39 is 0 Å². The highest BCUT2D eigenvalue weighted by Gasteiger charge is 2.32. The second-order valence-electron chi connectivity index (χ2n) is 14.8. The van der Waals surface area contributed by atoms with Crippen LogP contribution in [0.25, 0.3) is 82.9 Å². The van der Waals surface area contributed by atoms with Gasteiger partial charge in [-0.3, -0.25) is 0 Å². The average Bonchev–Trinajstić information content (AvgIpc) is 3.58. The van der Waals surface area contributed by atoms with Gasteiger partial charge < -0.3 is 4.90 Å². The first-order valence-electron chi connectivity index (χ1n) is 19.2. The standard InChI is InChI=1S/C54H35N3/c1-34-14-9-11-20-43(34)51-48-30-37-24-26-42(57(40-16-5-3-6-17-40)41-18-7-4-8-19-41)29-39(37)31-49(48)52(44-21-12-10-15-35(44)2)53-46-23-13-22-45-38(28-36(32-55)33-56)25-27-47(50(45)46)54(51)53/h3-31H,1-2H3. The van der Waals surface area contributed by atoms with Crippen molar-refractivity contribution in [1.82, 2.24) is 0 Å². The van der Waals surface area contributed by atoms with Crippen molar-refractivity contribution in [2.75, 3.05) is 4.90 Å². The SMILES string of the molecule is Cc1ccccc1-c1c2c(c(-c3ccccc3C)c3cc4cc(N(c5ccccc5)c5ccccc5)ccc4cc13)-c1cccc3c(C=C(C#N)C#N)ccc-2c13. The molecule has 0 bridgehead atoms. The first-order valence-corrected chi connectivity index (χ1v) is 19.2. The topological polar surface area (TPSA) is 50.8 Å². The summed E-state index contributed by atoms with van der Waals surface area (Å²) in [6, 6.07) is 65.0. The summed E-state index contributed by atoms with van der Waals surface area (Å²) in [5, 5.41) is 26.3. The molecule has 0 spiro atoms. The van der Waals surface area contributed by atoms with E-state index in [1.54, 1.807) is 6.08 Å². The van der Waals surface area contributed by atoms with Crippen LogP contribution in [0.4, 0.5) is 17.1 Å². The molecule has 10 rings (SSSR count). The number of para-hydroxylation sites is 2.